The molecule has 4 heavy (non-hydrogen) atoms. The minimum atomic E-state index is 0. The standard InChI is InChI=1S/Co.Mo.Pt.Rh. The maximum atomic E-state index is 0. The summed E-state index contributed by atoms with van der Waals surface area (Å²) >= 11 is 0. The van der Waals surface area contributed by atoms with E-state index in [9.17, 15) is 0 Å². The first-order valence-corrected chi connectivity index (χ1v) is 0. The Bertz CT molecular complexity index is 8.00. The Kier molecular flexibility index (Phi) is 140. The summed E-state index contributed by atoms with van der Waals surface area (Å²) in [6.07, 6.45) is 0. The smallest absolute Gasteiger partial charge is 0 e. The van der Waals surface area contributed by atoms with Gasteiger partial charge in [0.1, 0.15) is 0 Å². The van der Waals surface area contributed by atoms with Crippen molar-refractivity contribution in [2.75, 3.05) is 0 Å². The summed E-state index contributed by atoms with van der Waals surface area (Å²) in [5.41, 5.74) is 0. The Morgan fingerprint density at radius 2 is 1.00 bits per heavy atom. The van der Waals surface area contributed by atoms with E-state index < -0.39 is 0 Å². The molecule has 0 saturated carbocycles. The molecule has 0 aliphatic rings. The number of hydrogen-bond donors (Lipinski definition) is 0. The van der Waals surface area contributed by atoms with Gasteiger partial charge in [-0.2, -0.15) is 0 Å². The van der Waals surface area contributed by atoms with Gasteiger partial charge in [-0.05, 0) is 0 Å². The van der Waals surface area contributed by atoms with Crippen LogP contribution in [0.1, 0.15) is 0 Å². The first-order valence-electron chi connectivity index (χ1n) is 0. The molecule has 0 unspecified atom stereocenters. The summed E-state index contributed by atoms with van der Waals surface area (Å²) < 4.78 is 0. The molecule has 0 amide bonds. The van der Waals surface area contributed by atoms with E-state index in [-0.39, 0.29) is 78.4 Å². The molecule has 34 valence electrons. The molecule has 0 N–H and O–H groups in total. The van der Waals surface area contributed by atoms with Crippen LogP contribution in [-0.4, -0.2) is 0 Å². The van der Waals surface area contributed by atoms with Gasteiger partial charge in [-0.3, -0.25) is 0 Å². The molecule has 0 heterocycles. The fraction of sp³-hybridized carbons (Fsp3) is 0. The molecule has 0 aliphatic heterocycles. The second-order valence-electron chi connectivity index (χ2n) is 0. The van der Waals surface area contributed by atoms with Crippen molar-refractivity contribution in [3.8, 4) is 0 Å². The van der Waals surface area contributed by atoms with Gasteiger partial charge in [0.25, 0.3) is 0 Å². The monoisotopic (exact) mass is 455 g/mol. The zero-order valence-corrected chi connectivity index (χ0v) is 8.35. The van der Waals surface area contributed by atoms with Crippen molar-refractivity contribution in [1.29, 1.82) is 0 Å². The fourth-order valence-electron chi connectivity index (χ4n) is 0. The zero-order valence-electron chi connectivity index (χ0n) is 1.39. The maximum absolute atomic E-state index is 0. The average molecular weight is 453 g/mol. The van der Waals surface area contributed by atoms with Crippen LogP contribution in [0.3, 0.4) is 0 Å². The first-order chi connectivity index (χ1) is 0. The summed E-state index contributed by atoms with van der Waals surface area (Å²) in [5.74, 6) is 0. The van der Waals surface area contributed by atoms with Crippen molar-refractivity contribution in [3.63, 3.8) is 0 Å². The molecular formula is CoMoPtRh. The molecule has 0 rings (SSSR count). The molecule has 0 nitrogen and oxygen atoms in total. The van der Waals surface area contributed by atoms with E-state index in [0.29, 0.717) is 0 Å². The summed E-state index contributed by atoms with van der Waals surface area (Å²) in [5, 5.41) is 0. The predicted octanol–water partition coefficient (Wildman–Crippen LogP) is -0.0100. The molecule has 0 spiro atoms. The number of hydrogen-bond acceptors (Lipinski definition) is 0. The van der Waals surface area contributed by atoms with Gasteiger partial charge in [-0.1, -0.05) is 0 Å². The van der Waals surface area contributed by atoms with Gasteiger partial charge in [0.15, 0.2) is 0 Å². The topological polar surface area (TPSA) is 0 Å². The summed E-state index contributed by atoms with van der Waals surface area (Å²) in [7, 11) is 0. The SMILES string of the molecule is [Co].[Mo].[Pt].[Rh]. The van der Waals surface area contributed by atoms with E-state index in [1.54, 1.807) is 0 Å². The van der Waals surface area contributed by atoms with Crippen LogP contribution in [0, 0.1) is 0 Å². The third kappa shape index (κ3) is 8.82. The Hall–Kier alpha value is 2.51. The predicted molar refractivity (Wildman–Crippen MR) is 0 cm³/mol. The summed E-state index contributed by atoms with van der Waals surface area (Å²) in [4.78, 5) is 0. The van der Waals surface area contributed by atoms with Crippen LogP contribution in [-0.2, 0) is 78.4 Å². The van der Waals surface area contributed by atoms with E-state index in [2.05, 4.69) is 0 Å². The van der Waals surface area contributed by atoms with Gasteiger partial charge < -0.3 is 0 Å². The van der Waals surface area contributed by atoms with E-state index in [1.807, 2.05) is 0 Å². The molecule has 0 aromatic rings. The minimum absolute atomic E-state index is 0. The van der Waals surface area contributed by atoms with Crippen LogP contribution < -0.4 is 0 Å². The fourth-order valence-corrected chi connectivity index (χ4v) is 0. The van der Waals surface area contributed by atoms with E-state index in [0.717, 1.165) is 0 Å². The van der Waals surface area contributed by atoms with Crippen molar-refractivity contribution >= 4 is 0 Å². The maximum Gasteiger partial charge on any atom is 0 e. The Morgan fingerprint density at radius 3 is 1.00 bits per heavy atom. The number of rotatable bonds is 0. The van der Waals surface area contributed by atoms with Crippen molar-refractivity contribution in [3.05, 3.63) is 0 Å². The minimum Gasteiger partial charge on any atom is 0 e. The van der Waals surface area contributed by atoms with Gasteiger partial charge in [-0.15, -0.1) is 0 Å². The average Bonchev–Trinajstić information content (AvgIpc) is 0. The molecule has 0 bridgehead atoms. The molecule has 0 atom stereocenters. The van der Waals surface area contributed by atoms with E-state index >= 15 is 0 Å². The van der Waals surface area contributed by atoms with Crippen molar-refractivity contribution in [2.24, 2.45) is 0 Å². The van der Waals surface area contributed by atoms with Crippen molar-refractivity contribution in [2.45, 2.75) is 0 Å². The van der Waals surface area contributed by atoms with E-state index in [1.165, 1.54) is 0 Å². The quantitative estimate of drug-likeness (QED) is 0.454. The van der Waals surface area contributed by atoms with Crippen molar-refractivity contribution < 1.29 is 78.4 Å². The molecule has 0 aromatic carbocycles. The van der Waals surface area contributed by atoms with Crippen molar-refractivity contribution in [1.82, 2.24) is 0 Å². The van der Waals surface area contributed by atoms with Gasteiger partial charge >= 0.3 is 0 Å². The Labute approximate surface area is 77.3 Å². The zero-order chi connectivity index (χ0) is 0. The second-order valence-corrected chi connectivity index (χ2v) is 0. The molecule has 0 saturated heterocycles. The molecule has 2 radical (unpaired) electrons. The third-order valence-corrected chi connectivity index (χ3v) is 0. The molecular weight excluding hydrogens is 453 g/mol. The third-order valence-electron chi connectivity index (χ3n) is 0. The molecule has 4 heteroatoms. The molecule has 0 aliphatic carbocycles. The van der Waals surface area contributed by atoms with Crippen LogP contribution in [0.15, 0.2) is 0 Å². The molecule has 0 aromatic heterocycles. The van der Waals surface area contributed by atoms with Crippen LogP contribution in [0.4, 0.5) is 0 Å². The summed E-state index contributed by atoms with van der Waals surface area (Å²) in [6.45, 7) is 0. The first kappa shape index (κ1) is 31.4. The van der Waals surface area contributed by atoms with Crippen LogP contribution in [0.2, 0.25) is 0 Å². The van der Waals surface area contributed by atoms with Crippen LogP contribution >= 0.6 is 0 Å². The Balaban J connectivity index is 0. The largest absolute Gasteiger partial charge is 0 e. The normalized spacial score (nSPS) is 0. The van der Waals surface area contributed by atoms with Gasteiger partial charge in [0.05, 0.1) is 0 Å². The van der Waals surface area contributed by atoms with Crippen LogP contribution in [0.25, 0.3) is 0 Å². The van der Waals surface area contributed by atoms with Gasteiger partial charge in [-0.25, -0.2) is 0 Å². The Morgan fingerprint density at radius 1 is 1.00 bits per heavy atom. The van der Waals surface area contributed by atoms with Crippen LogP contribution in [0.5, 0.6) is 0 Å². The van der Waals surface area contributed by atoms with E-state index in [4.69, 9.17) is 0 Å². The van der Waals surface area contributed by atoms with Gasteiger partial charge in [0, 0.05) is 78.4 Å². The summed E-state index contributed by atoms with van der Waals surface area (Å²) in [6, 6.07) is 0. The molecule has 0 fully saturated rings. The van der Waals surface area contributed by atoms with Gasteiger partial charge in [0.2, 0.25) is 0 Å². The second kappa shape index (κ2) is 17.8.